The van der Waals surface area contributed by atoms with Gasteiger partial charge < -0.3 is 14.6 Å². The summed E-state index contributed by atoms with van der Waals surface area (Å²) in [6.07, 6.45) is 2.72. The topological polar surface area (TPSA) is 72.8 Å². The molecule has 0 bridgehead atoms. The summed E-state index contributed by atoms with van der Waals surface area (Å²) in [6.45, 7) is 2.97. The molecule has 1 N–H and O–H groups in total. The van der Waals surface area contributed by atoms with Gasteiger partial charge in [0.25, 0.3) is 0 Å². The highest BCUT2D eigenvalue weighted by Gasteiger charge is 2.13. The molecular formula is C13H14O5. The van der Waals surface area contributed by atoms with E-state index in [4.69, 9.17) is 14.6 Å². The van der Waals surface area contributed by atoms with Gasteiger partial charge in [-0.15, -0.1) is 0 Å². The first-order chi connectivity index (χ1) is 8.52. The highest BCUT2D eigenvalue weighted by molar-refractivity contribution is 5.86. The summed E-state index contributed by atoms with van der Waals surface area (Å²) in [4.78, 5) is 21.5. The van der Waals surface area contributed by atoms with E-state index in [0.717, 1.165) is 0 Å². The molecule has 0 aliphatic carbocycles. The fraction of sp³-hybridized carbons (Fsp3) is 0.385. The third-order valence-corrected chi connectivity index (χ3v) is 2.04. The summed E-state index contributed by atoms with van der Waals surface area (Å²) in [5.74, 6) is 4.77. The number of esters is 2. The SMILES string of the molecule is CC(=O)OC[C@H](C)C#C/C(CO)=C1/C=CC(=O)O1. The van der Waals surface area contributed by atoms with Gasteiger partial charge in [0.15, 0.2) is 0 Å². The third-order valence-electron chi connectivity index (χ3n) is 2.04. The van der Waals surface area contributed by atoms with Gasteiger partial charge in [-0.2, -0.15) is 0 Å². The Morgan fingerprint density at radius 1 is 1.56 bits per heavy atom. The number of carbonyl (C=O) groups is 2. The van der Waals surface area contributed by atoms with Crippen LogP contribution in [0.25, 0.3) is 0 Å². The van der Waals surface area contributed by atoms with Gasteiger partial charge in [0.2, 0.25) is 0 Å². The summed E-state index contributed by atoms with van der Waals surface area (Å²) in [7, 11) is 0. The molecule has 18 heavy (non-hydrogen) atoms. The molecule has 1 atom stereocenters. The van der Waals surface area contributed by atoms with Crippen molar-refractivity contribution < 1.29 is 24.2 Å². The third kappa shape index (κ3) is 4.44. The van der Waals surface area contributed by atoms with Gasteiger partial charge in [0, 0.05) is 13.0 Å². The van der Waals surface area contributed by atoms with Gasteiger partial charge in [-0.1, -0.05) is 11.8 Å². The number of cyclic esters (lactones) is 1. The Labute approximate surface area is 105 Å². The molecule has 1 aliphatic heterocycles. The van der Waals surface area contributed by atoms with Crippen molar-refractivity contribution in [2.24, 2.45) is 5.92 Å². The van der Waals surface area contributed by atoms with Crippen molar-refractivity contribution in [1.29, 1.82) is 0 Å². The monoisotopic (exact) mass is 250 g/mol. The average molecular weight is 250 g/mol. The van der Waals surface area contributed by atoms with Crippen molar-refractivity contribution >= 4 is 11.9 Å². The number of hydrogen-bond donors (Lipinski definition) is 1. The van der Waals surface area contributed by atoms with Crippen LogP contribution in [0.2, 0.25) is 0 Å². The first-order valence-electron chi connectivity index (χ1n) is 5.41. The number of allylic oxidation sites excluding steroid dienone is 1. The van der Waals surface area contributed by atoms with E-state index < -0.39 is 5.97 Å². The molecule has 1 heterocycles. The fourth-order valence-corrected chi connectivity index (χ4v) is 1.16. The van der Waals surface area contributed by atoms with Crippen LogP contribution in [0.4, 0.5) is 0 Å². The number of rotatable bonds is 3. The largest absolute Gasteiger partial charge is 0.465 e. The predicted molar refractivity (Wildman–Crippen MR) is 62.9 cm³/mol. The molecule has 0 fully saturated rings. The second-order valence-corrected chi connectivity index (χ2v) is 3.73. The van der Waals surface area contributed by atoms with Gasteiger partial charge in [-0.05, 0) is 13.0 Å². The maximum atomic E-state index is 10.9. The summed E-state index contributed by atoms with van der Waals surface area (Å²) >= 11 is 0. The van der Waals surface area contributed by atoms with Gasteiger partial charge in [0.1, 0.15) is 12.4 Å². The lowest BCUT2D eigenvalue weighted by Crippen LogP contribution is -2.07. The van der Waals surface area contributed by atoms with Crippen LogP contribution in [0.1, 0.15) is 13.8 Å². The standard InChI is InChI=1S/C13H14O5/c1-9(8-17-10(2)15)3-4-11(7-14)12-5-6-13(16)18-12/h5-6,9,14H,7-8H2,1-2H3/b12-11+/t9-/m1/s1. The maximum Gasteiger partial charge on any atom is 0.336 e. The Balaban J connectivity index is 2.67. The van der Waals surface area contributed by atoms with E-state index in [1.165, 1.54) is 19.1 Å². The minimum absolute atomic E-state index is 0.169. The lowest BCUT2D eigenvalue weighted by atomic mass is 10.1. The van der Waals surface area contributed by atoms with Crippen LogP contribution in [-0.4, -0.2) is 30.3 Å². The molecule has 0 amide bonds. The summed E-state index contributed by atoms with van der Waals surface area (Å²) in [5, 5.41) is 9.13. The summed E-state index contributed by atoms with van der Waals surface area (Å²) in [5.41, 5.74) is 0.326. The van der Waals surface area contributed by atoms with Crippen LogP contribution < -0.4 is 0 Å². The van der Waals surface area contributed by atoms with Crippen LogP contribution in [0, 0.1) is 17.8 Å². The fourth-order valence-electron chi connectivity index (χ4n) is 1.16. The molecular weight excluding hydrogens is 236 g/mol. The van der Waals surface area contributed by atoms with E-state index in [9.17, 15) is 9.59 Å². The van der Waals surface area contributed by atoms with Crippen LogP contribution >= 0.6 is 0 Å². The molecule has 1 rings (SSSR count). The molecule has 0 aromatic carbocycles. The summed E-state index contributed by atoms with van der Waals surface area (Å²) in [6, 6.07) is 0. The summed E-state index contributed by atoms with van der Waals surface area (Å²) < 4.78 is 9.62. The normalized spacial score (nSPS) is 17.6. The molecule has 0 saturated carbocycles. The number of aliphatic hydroxyl groups is 1. The zero-order valence-corrected chi connectivity index (χ0v) is 10.2. The molecule has 0 aromatic heterocycles. The Hall–Kier alpha value is -2.06. The van der Waals surface area contributed by atoms with Crippen molar-refractivity contribution in [1.82, 2.24) is 0 Å². The van der Waals surface area contributed by atoms with Crippen LogP contribution in [-0.2, 0) is 19.1 Å². The molecule has 0 radical (unpaired) electrons. The van der Waals surface area contributed by atoms with Crippen LogP contribution in [0.15, 0.2) is 23.5 Å². The number of carbonyl (C=O) groups excluding carboxylic acids is 2. The highest BCUT2D eigenvalue weighted by atomic mass is 16.5. The predicted octanol–water partition coefficient (Wildman–Crippen LogP) is 0.548. The zero-order valence-electron chi connectivity index (χ0n) is 10.2. The Morgan fingerprint density at radius 3 is 2.78 bits per heavy atom. The van der Waals surface area contributed by atoms with E-state index in [-0.39, 0.29) is 30.9 Å². The molecule has 5 nitrogen and oxygen atoms in total. The van der Waals surface area contributed by atoms with E-state index in [1.807, 2.05) is 0 Å². The second-order valence-electron chi connectivity index (χ2n) is 3.73. The smallest absolute Gasteiger partial charge is 0.336 e. The Bertz CT molecular complexity index is 462. The van der Waals surface area contributed by atoms with Gasteiger partial charge >= 0.3 is 11.9 Å². The zero-order chi connectivity index (χ0) is 13.5. The van der Waals surface area contributed by atoms with Gasteiger partial charge in [0.05, 0.1) is 18.1 Å². The quantitative estimate of drug-likeness (QED) is 0.585. The van der Waals surface area contributed by atoms with Gasteiger partial charge in [-0.3, -0.25) is 4.79 Å². The minimum Gasteiger partial charge on any atom is -0.465 e. The first-order valence-corrected chi connectivity index (χ1v) is 5.41. The minimum atomic E-state index is -0.481. The number of aliphatic hydroxyl groups excluding tert-OH is 1. The van der Waals surface area contributed by atoms with Crippen molar-refractivity contribution in [3.05, 3.63) is 23.5 Å². The molecule has 0 aromatic rings. The maximum absolute atomic E-state index is 10.9. The highest BCUT2D eigenvalue weighted by Crippen LogP contribution is 2.13. The molecule has 0 spiro atoms. The molecule has 0 unspecified atom stereocenters. The Kier molecular flexibility index (Phi) is 5.15. The average Bonchev–Trinajstić information content (AvgIpc) is 2.74. The van der Waals surface area contributed by atoms with E-state index >= 15 is 0 Å². The number of ether oxygens (including phenoxy) is 2. The lowest BCUT2D eigenvalue weighted by Gasteiger charge is -2.04. The number of hydrogen-bond acceptors (Lipinski definition) is 5. The van der Waals surface area contributed by atoms with Gasteiger partial charge in [-0.25, -0.2) is 4.79 Å². The molecule has 0 saturated heterocycles. The van der Waals surface area contributed by atoms with E-state index in [0.29, 0.717) is 5.57 Å². The van der Waals surface area contributed by atoms with Crippen LogP contribution in [0.5, 0.6) is 0 Å². The lowest BCUT2D eigenvalue weighted by molar-refractivity contribution is -0.141. The van der Waals surface area contributed by atoms with Crippen molar-refractivity contribution in [2.45, 2.75) is 13.8 Å². The molecule has 5 heteroatoms. The molecule has 1 aliphatic rings. The van der Waals surface area contributed by atoms with E-state index in [2.05, 4.69) is 11.8 Å². The first kappa shape index (κ1) is 14.0. The van der Waals surface area contributed by atoms with Crippen molar-refractivity contribution in [3.8, 4) is 11.8 Å². The Morgan fingerprint density at radius 2 is 2.28 bits per heavy atom. The second kappa shape index (κ2) is 6.62. The van der Waals surface area contributed by atoms with E-state index in [1.54, 1.807) is 6.92 Å². The van der Waals surface area contributed by atoms with Crippen molar-refractivity contribution in [2.75, 3.05) is 13.2 Å². The van der Waals surface area contributed by atoms with Crippen LogP contribution in [0.3, 0.4) is 0 Å². The molecule has 96 valence electrons. The van der Waals surface area contributed by atoms with Crippen molar-refractivity contribution in [3.63, 3.8) is 0 Å².